The zero-order valence-electron chi connectivity index (χ0n) is 33.4. The van der Waals surface area contributed by atoms with Crippen LogP contribution in [-0.4, -0.2) is 112 Å². The number of aromatic hydroxyl groups is 2. The van der Waals surface area contributed by atoms with Crippen molar-refractivity contribution in [2.45, 2.75) is 120 Å². The Bertz CT molecular complexity index is 2000. The third-order valence-corrected chi connectivity index (χ3v) is 12.2. The van der Waals surface area contributed by atoms with Gasteiger partial charge in [-0.15, -0.1) is 0 Å². The summed E-state index contributed by atoms with van der Waals surface area (Å²) in [5.41, 5.74) is 0.948. The van der Waals surface area contributed by atoms with Crippen LogP contribution < -0.4 is 15.8 Å². The zero-order valence-corrected chi connectivity index (χ0v) is 33.4. The minimum Gasteiger partial charge on any atom is -0.507 e. The highest BCUT2D eigenvalue weighted by molar-refractivity contribution is 6.31. The van der Waals surface area contributed by atoms with Crippen LogP contribution in [0.25, 0.3) is 0 Å². The number of nitrogens with two attached hydrogens (primary N) is 1. The van der Waals surface area contributed by atoms with E-state index in [0.717, 1.165) is 25.7 Å². The number of aliphatic hydroxyl groups is 3. The molecule has 16 heteroatoms. The van der Waals surface area contributed by atoms with Crippen molar-refractivity contribution in [1.29, 1.82) is 0 Å². The number of ether oxygens (including phenoxy) is 4. The van der Waals surface area contributed by atoms with Crippen molar-refractivity contribution in [2.24, 2.45) is 11.1 Å². The predicted octanol–water partition coefficient (Wildman–Crippen LogP) is 3.36. The summed E-state index contributed by atoms with van der Waals surface area (Å²) in [6.45, 7) is 1.17. The topological polar surface area (TPSA) is 261 Å². The van der Waals surface area contributed by atoms with Gasteiger partial charge in [0.15, 0.2) is 17.9 Å². The number of rotatable bonds is 14. The summed E-state index contributed by atoms with van der Waals surface area (Å²) >= 11 is 0. The van der Waals surface area contributed by atoms with Crippen molar-refractivity contribution in [2.75, 3.05) is 26.9 Å². The van der Waals surface area contributed by atoms with E-state index in [1.165, 1.54) is 25.3 Å². The molecule has 59 heavy (non-hydrogen) atoms. The number of benzene rings is 2. The van der Waals surface area contributed by atoms with E-state index >= 15 is 0 Å². The second-order valence-electron chi connectivity index (χ2n) is 16.2. The summed E-state index contributed by atoms with van der Waals surface area (Å²) in [6, 6.07) is 3.33. The summed E-state index contributed by atoms with van der Waals surface area (Å²) in [6.07, 6.45) is 3.25. The van der Waals surface area contributed by atoms with Crippen LogP contribution in [0.15, 0.2) is 30.4 Å². The molecule has 1 heterocycles. The molecular weight excluding hydrogens is 768 g/mol. The molecule has 2 aromatic carbocycles. The van der Waals surface area contributed by atoms with Crippen molar-refractivity contribution < 1.29 is 68.5 Å². The van der Waals surface area contributed by atoms with Crippen molar-refractivity contribution in [1.82, 2.24) is 5.32 Å². The first-order valence-corrected chi connectivity index (χ1v) is 20.2. The van der Waals surface area contributed by atoms with Crippen LogP contribution in [0.5, 0.6) is 17.2 Å². The number of hydrogen-bond donors (Lipinski definition) is 7. The van der Waals surface area contributed by atoms with Crippen molar-refractivity contribution in [3.05, 3.63) is 63.7 Å². The molecule has 7 atom stereocenters. The van der Waals surface area contributed by atoms with Gasteiger partial charge in [-0.25, -0.2) is 4.79 Å². The first-order chi connectivity index (χ1) is 28.2. The van der Waals surface area contributed by atoms with Gasteiger partial charge in [0.05, 0.1) is 48.7 Å². The average molecular weight is 823 g/mol. The van der Waals surface area contributed by atoms with E-state index in [9.17, 15) is 49.5 Å². The van der Waals surface area contributed by atoms with Gasteiger partial charge >= 0.3 is 6.09 Å². The minimum atomic E-state index is -2.35. The van der Waals surface area contributed by atoms with Crippen LogP contribution in [0, 0.1) is 5.41 Å². The van der Waals surface area contributed by atoms with E-state index in [2.05, 4.69) is 5.32 Å². The summed E-state index contributed by atoms with van der Waals surface area (Å²) < 4.78 is 23.0. The SMILES string of the molecule is COc1cccc2c1C(=O)c1c(O)c3c(c(O)c1C2=O)CC(O)(C(=O)CO)CC3OC1CC(NC(=O)OC2/C=C/CCC(C)(C(=O)CCCCCCN)CC2)C(O)CO1. The van der Waals surface area contributed by atoms with E-state index in [0.29, 0.717) is 38.6 Å². The number of fused-ring (bicyclic) bond motifs is 3. The maximum atomic E-state index is 14.0. The molecule has 2 aromatic rings. The Hall–Kier alpha value is -4.71. The average Bonchev–Trinajstić information content (AvgIpc) is 3.21. The molecular formula is C43H54N2O14. The maximum absolute atomic E-state index is 14.0. The second-order valence-corrected chi connectivity index (χ2v) is 16.2. The Kier molecular flexibility index (Phi) is 13.6. The molecule has 8 N–H and O–H groups in total. The molecule has 0 spiro atoms. The lowest BCUT2D eigenvalue weighted by Crippen LogP contribution is -2.53. The molecule has 1 amide bonds. The number of alkyl carbamates (subject to hydrolysis) is 1. The number of nitrogens with one attached hydrogen (secondary N) is 1. The number of unbranched alkanes of at least 4 members (excludes halogenated alkanes) is 3. The number of Topliss-reactive ketones (excluding diaryl/α,β-unsaturated/α-hetero) is 2. The fourth-order valence-electron chi connectivity index (χ4n) is 8.70. The van der Waals surface area contributed by atoms with Crippen molar-refractivity contribution in [3.63, 3.8) is 0 Å². The van der Waals surface area contributed by atoms with Gasteiger partial charge in [0.25, 0.3) is 0 Å². The third kappa shape index (κ3) is 8.93. The molecule has 1 saturated heterocycles. The predicted molar refractivity (Wildman–Crippen MR) is 209 cm³/mol. The lowest BCUT2D eigenvalue weighted by molar-refractivity contribution is -0.225. The number of carbonyl (C=O) groups is 5. The van der Waals surface area contributed by atoms with E-state index in [1.807, 2.05) is 13.0 Å². The number of allylic oxidation sites excluding steroid dienone is 1. The normalized spacial score (nSPS) is 28.3. The Balaban J connectivity index is 1.18. The van der Waals surface area contributed by atoms with Gasteiger partial charge in [-0.1, -0.05) is 38.0 Å². The van der Waals surface area contributed by atoms with Crippen LogP contribution in [-0.2, 0) is 30.2 Å². The Morgan fingerprint density at radius 1 is 1.00 bits per heavy atom. The van der Waals surface area contributed by atoms with E-state index in [1.54, 1.807) is 6.08 Å². The molecule has 0 bridgehead atoms. The first-order valence-electron chi connectivity index (χ1n) is 20.2. The Morgan fingerprint density at radius 2 is 1.75 bits per heavy atom. The number of aliphatic hydroxyl groups excluding tert-OH is 2. The van der Waals surface area contributed by atoms with Gasteiger partial charge in [0.1, 0.15) is 41.3 Å². The third-order valence-electron chi connectivity index (χ3n) is 12.2. The van der Waals surface area contributed by atoms with E-state index < -0.39 is 107 Å². The lowest BCUT2D eigenvalue weighted by Gasteiger charge is -2.41. The molecule has 320 valence electrons. The lowest BCUT2D eigenvalue weighted by atomic mass is 9.72. The number of phenolic OH excluding ortho intramolecular Hbond substituents is 2. The monoisotopic (exact) mass is 822 g/mol. The van der Waals surface area contributed by atoms with Crippen LogP contribution in [0.2, 0.25) is 0 Å². The summed E-state index contributed by atoms with van der Waals surface area (Å²) in [7, 11) is 1.31. The highest BCUT2D eigenvalue weighted by Crippen LogP contribution is 2.52. The minimum absolute atomic E-state index is 0.0597. The summed E-state index contributed by atoms with van der Waals surface area (Å²) in [5, 5.41) is 58.2. The molecule has 6 rings (SSSR count). The van der Waals surface area contributed by atoms with Gasteiger partial charge < -0.3 is 55.5 Å². The largest absolute Gasteiger partial charge is 0.507 e. The number of hydrogen-bond acceptors (Lipinski definition) is 15. The molecule has 0 aromatic heterocycles. The molecule has 7 unspecified atom stereocenters. The standard InChI is InChI=1S/C43H54N2O14/c1-42(30(48)13-5-3-4-8-17-44)15-7-6-10-23(14-16-42)58-41(54)45-26-18-32(57-22-27(26)47)59-29-20-43(55,31(49)21-46)19-25-34(29)40(53)36-35(38(25)51)37(50)24-11-9-12-28(56-2)33(24)39(36)52/h6,9-12,23,26-27,29,32,46-47,51,53,55H,3-5,7-8,13-22,44H2,1-2H3,(H,45,54)/b10-6+. The van der Waals surface area contributed by atoms with Crippen LogP contribution in [0.4, 0.5) is 4.79 Å². The highest BCUT2D eigenvalue weighted by Gasteiger charge is 2.50. The van der Waals surface area contributed by atoms with E-state index in [-0.39, 0.29) is 46.8 Å². The van der Waals surface area contributed by atoms with Crippen LogP contribution in [0.1, 0.15) is 127 Å². The Morgan fingerprint density at radius 3 is 2.47 bits per heavy atom. The fraction of sp³-hybridized carbons (Fsp3) is 0.558. The number of amides is 1. The van der Waals surface area contributed by atoms with E-state index in [4.69, 9.17) is 24.7 Å². The number of phenols is 2. The zero-order chi connectivity index (χ0) is 42.6. The fourth-order valence-corrected chi connectivity index (χ4v) is 8.70. The van der Waals surface area contributed by atoms with Gasteiger partial charge in [0.2, 0.25) is 5.78 Å². The second kappa shape index (κ2) is 18.3. The smallest absolute Gasteiger partial charge is 0.408 e. The first kappa shape index (κ1) is 43.9. The number of ketones is 4. The molecule has 1 aliphatic heterocycles. The molecule has 16 nitrogen and oxygen atoms in total. The van der Waals surface area contributed by atoms with Gasteiger partial charge in [0, 0.05) is 47.8 Å². The molecule has 1 fully saturated rings. The van der Waals surface area contributed by atoms with Gasteiger partial charge in [-0.2, -0.15) is 0 Å². The maximum Gasteiger partial charge on any atom is 0.408 e. The van der Waals surface area contributed by atoms with Gasteiger partial charge in [-0.3, -0.25) is 19.2 Å². The van der Waals surface area contributed by atoms with Gasteiger partial charge in [-0.05, 0) is 57.2 Å². The van der Waals surface area contributed by atoms with Crippen molar-refractivity contribution >= 4 is 29.2 Å². The molecule has 4 aliphatic rings. The highest BCUT2D eigenvalue weighted by atomic mass is 16.7. The summed E-state index contributed by atoms with van der Waals surface area (Å²) in [5.74, 6) is -3.90. The molecule has 0 saturated carbocycles. The van der Waals surface area contributed by atoms with Crippen molar-refractivity contribution in [3.8, 4) is 17.2 Å². The quantitative estimate of drug-likeness (QED) is 0.0699. The summed E-state index contributed by atoms with van der Waals surface area (Å²) in [4.78, 5) is 67.2. The van der Waals surface area contributed by atoms with Crippen LogP contribution in [0.3, 0.4) is 0 Å². The van der Waals surface area contributed by atoms with Crippen LogP contribution >= 0.6 is 0 Å². The number of carbonyl (C=O) groups excluding carboxylic acids is 5. The molecule has 0 radical (unpaired) electrons. The Labute approximate surface area is 341 Å². The molecule has 3 aliphatic carbocycles. The number of methoxy groups -OCH3 is 1.